The Morgan fingerprint density at radius 1 is 1.26 bits per heavy atom. The molecule has 0 unspecified atom stereocenters. The van der Waals surface area contributed by atoms with Crippen LogP contribution >= 0.6 is 0 Å². The first-order chi connectivity index (χ1) is 10.8. The summed E-state index contributed by atoms with van der Waals surface area (Å²) in [6.45, 7) is 3.15. The van der Waals surface area contributed by atoms with Gasteiger partial charge in [0.25, 0.3) is 0 Å². The number of amides is 1. The summed E-state index contributed by atoms with van der Waals surface area (Å²) >= 11 is 0. The molecule has 0 bridgehead atoms. The fraction of sp³-hybridized carbons (Fsp3) is 0.562. The number of hydrogen-bond acceptors (Lipinski definition) is 3. The second kappa shape index (κ2) is 7.31. The van der Waals surface area contributed by atoms with Crippen LogP contribution < -0.4 is 5.32 Å². The Hall–Kier alpha value is -1.60. The first kappa shape index (κ1) is 17.7. The molecule has 0 spiro atoms. The van der Waals surface area contributed by atoms with Crippen molar-refractivity contribution in [2.24, 2.45) is 0 Å². The van der Waals surface area contributed by atoms with E-state index in [4.69, 9.17) is 0 Å². The molecule has 4 nitrogen and oxygen atoms in total. The van der Waals surface area contributed by atoms with Gasteiger partial charge in [-0.1, -0.05) is 18.2 Å². The largest absolute Gasteiger partial charge is 0.416 e. The average molecular weight is 329 g/mol. The molecule has 1 saturated heterocycles. The Morgan fingerprint density at radius 3 is 2.65 bits per heavy atom. The lowest BCUT2D eigenvalue weighted by atomic mass is 10.0. The summed E-state index contributed by atoms with van der Waals surface area (Å²) in [4.78, 5) is 16.3. The molecule has 0 radical (unpaired) electrons. The maximum atomic E-state index is 12.9. The quantitative estimate of drug-likeness (QED) is 0.912. The number of carbonyl (C=O) groups excluding carboxylic acids is 1. The highest BCUT2D eigenvalue weighted by molar-refractivity contribution is 5.79. The molecule has 7 heteroatoms. The Bertz CT molecular complexity index is 548. The van der Waals surface area contributed by atoms with Gasteiger partial charge in [0.15, 0.2) is 0 Å². The summed E-state index contributed by atoms with van der Waals surface area (Å²) in [5.41, 5.74) is -0.740. The van der Waals surface area contributed by atoms with E-state index in [1.807, 2.05) is 14.1 Å². The fourth-order valence-electron chi connectivity index (χ4n) is 2.74. The zero-order chi connectivity index (χ0) is 17.0. The van der Waals surface area contributed by atoms with Crippen molar-refractivity contribution in [2.75, 3.05) is 40.3 Å². The molecule has 1 aromatic rings. The Morgan fingerprint density at radius 2 is 1.96 bits per heavy atom. The van der Waals surface area contributed by atoms with Gasteiger partial charge in [0.05, 0.1) is 12.0 Å². The van der Waals surface area contributed by atoms with E-state index in [-0.39, 0.29) is 23.9 Å². The lowest BCUT2D eigenvalue weighted by Gasteiger charge is -2.37. The Labute approximate surface area is 134 Å². The van der Waals surface area contributed by atoms with E-state index in [9.17, 15) is 18.0 Å². The predicted octanol–water partition coefficient (Wildman–Crippen LogP) is 1.61. The maximum Gasteiger partial charge on any atom is 0.416 e. The van der Waals surface area contributed by atoms with Crippen molar-refractivity contribution >= 4 is 5.91 Å². The van der Waals surface area contributed by atoms with Crippen LogP contribution in [0.5, 0.6) is 0 Å². The van der Waals surface area contributed by atoms with Gasteiger partial charge in [-0.05, 0) is 25.7 Å². The molecule has 1 aliphatic heterocycles. The molecule has 1 heterocycles. The third kappa shape index (κ3) is 4.94. The van der Waals surface area contributed by atoms with Crippen LogP contribution in [0, 0.1) is 0 Å². The fourth-order valence-corrected chi connectivity index (χ4v) is 2.74. The maximum absolute atomic E-state index is 12.9. The monoisotopic (exact) mass is 329 g/mol. The molecule has 1 aliphatic rings. The first-order valence-electron chi connectivity index (χ1n) is 7.58. The number of rotatable bonds is 4. The van der Waals surface area contributed by atoms with Crippen LogP contribution in [0.25, 0.3) is 0 Å². The van der Waals surface area contributed by atoms with Gasteiger partial charge in [0.2, 0.25) is 5.91 Å². The number of hydrogen-bond donors (Lipinski definition) is 1. The van der Waals surface area contributed by atoms with Gasteiger partial charge in [-0.15, -0.1) is 0 Å². The van der Waals surface area contributed by atoms with E-state index in [1.165, 1.54) is 18.2 Å². The second-order valence-corrected chi connectivity index (χ2v) is 6.03. The molecular formula is C16H22F3N3O. The number of alkyl halides is 3. The number of piperazine rings is 1. The molecule has 23 heavy (non-hydrogen) atoms. The first-order valence-corrected chi connectivity index (χ1v) is 7.58. The molecule has 0 saturated carbocycles. The number of carbonyl (C=O) groups is 1. The van der Waals surface area contributed by atoms with E-state index in [0.29, 0.717) is 6.54 Å². The molecule has 0 aliphatic carbocycles. The molecule has 1 aromatic carbocycles. The van der Waals surface area contributed by atoms with Gasteiger partial charge in [-0.2, -0.15) is 13.2 Å². The minimum atomic E-state index is -4.44. The van der Waals surface area contributed by atoms with Crippen molar-refractivity contribution in [1.82, 2.24) is 15.1 Å². The zero-order valence-corrected chi connectivity index (χ0v) is 13.4. The Balaban J connectivity index is 1.93. The van der Waals surface area contributed by atoms with Gasteiger partial charge in [0.1, 0.15) is 0 Å². The summed E-state index contributed by atoms with van der Waals surface area (Å²) in [7, 11) is 4.00. The highest BCUT2D eigenvalue weighted by Gasteiger charge is 2.33. The van der Waals surface area contributed by atoms with Gasteiger partial charge in [0, 0.05) is 32.2 Å². The van der Waals surface area contributed by atoms with Crippen molar-refractivity contribution < 1.29 is 18.0 Å². The van der Waals surface area contributed by atoms with Crippen molar-refractivity contribution in [2.45, 2.75) is 18.6 Å². The lowest BCUT2D eigenvalue weighted by Crippen LogP contribution is -2.54. The van der Waals surface area contributed by atoms with Crippen LogP contribution in [0.15, 0.2) is 24.3 Å². The number of likely N-dealkylation sites (N-methyl/N-ethyl adjacent to an activating group) is 2. The number of benzene rings is 1. The summed E-state index contributed by atoms with van der Waals surface area (Å²) in [6.07, 6.45) is -4.70. The number of nitrogens with one attached hydrogen (secondary N) is 1. The zero-order valence-electron chi connectivity index (χ0n) is 13.4. The molecule has 1 atom stereocenters. The second-order valence-electron chi connectivity index (χ2n) is 6.03. The van der Waals surface area contributed by atoms with Crippen molar-refractivity contribution in [3.63, 3.8) is 0 Å². The van der Waals surface area contributed by atoms with Gasteiger partial charge in [-0.3, -0.25) is 9.69 Å². The molecule has 2 rings (SSSR count). The predicted molar refractivity (Wildman–Crippen MR) is 82.1 cm³/mol. The van der Waals surface area contributed by atoms with Crippen LogP contribution in [0.1, 0.15) is 11.1 Å². The van der Waals surface area contributed by atoms with Crippen molar-refractivity contribution in [3.8, 4) is 0 Å². The van der Waals surface area contributed by atoms with E-state index in [2.05, 4.69) is 15.1 Å². The third-order valence-electron chi connectivity index (χ3n) is 4.19. The van der Waals surface area contributed by atoms with E-state index in [0.717, 1.165) is 25.7 Å². The summed E-state index contributed by atoms with van der Waals surface area (Å²) < 4.78 is 38.8. The minimum Gasteiger partial charge on any atom is -0.354 e. The Kier molecular flexibility index (Phi) is 5.64. The van der Waals surface area contributed by atoms with E-state index in [1.54, 1.807) is 0 Å². The van der Waals surface area contributed by atoms with E-state index < -0.39 is 11.7 Å². The van der Waals surface area contributed by atoms with Crippen LogP contribution in [0.2, 0.25) is 0 Å². The van der Waals surface area contributed by atoms with E-state index >= 15 is 0 Å². The van der Waals surface area contributed by atoms with Crippen LogP contribution in [0.4, 0.5) is 13.2 Å². The number of halogens is 3. The van der Waals surface area contributed by atoms with Gasteiger partial charge in [-0.25, -0.2) is 0 Å². The standard InChI is InChI=1S/C16H22F3N3O/c1-21-7-8-22(2)13(11-21)10-20-15(23)9-12-5-3-4-6-14(12)16(17,18)19/h3-6,13H,7-11H2,1-2H3,(H,20,23)/t13-/m0/s1. The molecule has 128 valence electrons. The molecular weight excluding hydrogens is 307 g/mol. The highest BCUT2D eigenvalue weighted by Crippen LogP contribution is 2.31. The highest BCUT2D eigenvalue weighted by atomic mass is 19.4. The smallest absolute Gasteiger partial charge is 0.354 e. The van der Waals surface area contributed by atoms with Crippen molar-refractivity contribution in [3.05, 3.63) is 35.4 Å². The van der Waals surface area contributed by atoms with Gasteiger partial charge < -0.3 is 10.2 Å². The molecule has 1 fully saturated rings. The van der Waals surface area contributed by atoms with Gasteiger partial charge >= 0.3 is 6.18 Å². The third-order valence-corrected chi connectivity index (χ3v) is 4.19. The summed E-state index contributed by atoms with van der Waals surface area (Å²) in [5, 5.41) is 2.76. The lowest BCUT2D eigenvalue weighted by molar-refractivity contribution is -0.138. The normalized spacial score (nSPS) is 20.5. The van der Waals surface area contributed by atoms with Crippen LogP contribution in [0.3, 0.4) is 0 Å². The summed E-state index contributed by atoms with van der Waals surface area (Å²) in [6, 6.07) is 5.38. The van der Waals surface area contributed by atoms with Crippen LogP contribution in [-0.2, 0) is 17.4 Å². The van der Waals surface area contributed by atoms with Crippen LogP contribution in [-0.4, -0.2) is 62.0 Å². The van der Waals surface area contributed by atoms with Crippen molar-refractivity contribution in [1.29, 1.82) is 0 Å². The topological polar surface area (TPSA) is 35.6 Å². The number of nitrogens with zero attached hydrogens (tertiary/aromatic N) is 2. The molecule has 1 amide bonds. The average Bonchev–Trinajstić information content (AvgIpc) is 2.47. The molecule has 0 aromatic heterocycles. The molecule has 1 N–H and O–H groups in total. The summed E-state index contributed by atoms with van der Waals surface area (Å²) in [5.74, 6) is -0.386. The SMILES string of the molecule is CN1CCN(C)[C@@H](CNC(=O)Cc2ccccc2C(F)(F)F)C1. The minimum absolute atomic E-state index is 0.00613.